The predicted molar refractivity (Wildman–Crippen MR) is 98.8 cm³/mol. The number of carbonyl (C=O) groups is 2. The summed E-state index contributed by atoms with van der Waals surface area (Å²) in [6.45, 7) is 0.204. The largest absolute Gasteiger partial charge is 0.467 e. The average molecular weight is 415 g/mol. The molecule has 3 aromatic rings. The van der Waals surface area contributed by atoms with Crippen LogP contribution in [0.4, 0.5) is 0 Å². The molecule has 0 saturated heterocycles. The van der Waals surface area contributed by atoms with Crippen molar-refractivity contribution in [3.8, 4) is 0 Å². The van der Waals surface area contributed by atoms with Crippen molar-refractivity contribution in [1.82, 2.24) is 10.6 Å². The molecule has 0 bridgehead atoms. The van der Waals surface area contributed by atoms with E-state index in [2.05, 4.69) is 26.6 Å². The maximum absolute atomic E-state index is 12.5. The van der Waals surface area contributed by atoms with E-state index in [1.807, 2.05) is 0 Å². The van der Waals surface area contributed by atoms with Crippen molar-refractivity contribution < 1.29 is 18.4 Å². The lowest BCUT2D eigenvalue weighted by Crippen LogP contribution is -2.34. The lowest BCUT2D eigenvalue weighted by Gasteiger charge is -2.10. The van der Waals surface area contributed by atoms with E-state index in [0.717, 1.165) is 4.47 Å². The number of furan rings is 2. The zero-order valence-electron chi connectivity index (χ0n) is 13.6. The van der Waals surface area contributed by atoms with E-state index in [1.54, 1.807) is 48.5 Å². The molecule has 0 atom stereocenters. The third kappa shape index (κ3) is 4.73. The minimum Gasteiger partial charge on any atom is -0.467 e. The van der Waals surface area contributed by atoms with Gasteiger partial charge in [-0.25, -0.2) is 0 Å². The Morgan fingerprint density at radius 2 is 1.73 bits per heavy atom. The molecule has 0 fully saturated rings. The van der Waals surface area contributed by atoms with Crippen LogP contribution in [0.25, 0.3) is 6.08 Å². The van der Waals surface area contributed by atoms with Gasteiger partial charge in [0.1, 0.15) is 17.2 Å². The zero-order valence-corrected chi connectivity index (χ0v) is 15.2. The lowest BCUT2D eigenvalue weighted by molar-refractivity contribution is -0.118. The Hall–Kier alpha value is -3.06. The van der Waals surface area contributed by atoms with Crippen LogP contribution >= 0.6 is 15.9 Å². The smallest absolute Gasteiger partial charge is 0.268 e. The van der Waals surface area contributed by atoms with Gasteiger partial charge in [0.25, 0.3) is 11.8 Å². The van der Waals surface area contributed by atoms with E-state index in [4.69, 9.17) is 8.83 Å². The molecule has 0 spiro atoms. The van der Waals surface area contributed by atoms with Crippen molar-refractivity contribution in [2.24, 2.45) is 0 Å². The summed E-state index contributed by atoms with van der Waals surface area (Å²) in [7, 11) is 0. The third-order valence-corrected chi connectivity index (χ3v) is 3.96. The van der Waals surface area contributed by atoms with E-state index >= 15 is 0 Å². The van der Waals surface area contributed by atoms with Crippen LogP contribution in [0.1, 0.15) is 21.9 Å². The highest BCUT2D eigenvalue weighted by Crippen LogP contribution is 2.12. The van der Waals surface area contributed by atoms with Crippen LogP contribution in [0.15, 0.2) is 80.1 Å². The summed E-state index contributed by atoms with van der Waals surface area (Å²) in [6, 6.07) is 13.7. The first-order valence-electron chi connectivity index (χ1n) is 7.74. The predicted octanol–water partition coefficient (Wildman–Crippen LogP) is 3.72. The Labute approximate surface area is 158 Å². The first-order chi connectivity index (χ1) is 12.6. The molecular weight excluding hydrogens is 400 g/mol. The van der Waals surface area contributed by atoms with Gasteiger partial charge in [-0.1, -0.05) is 15.9 Å². The molecule has 0 unspecified atom stereocenters. The molecule has 7 heteroatoms. The number of rotatable bonds is 6. The van der Waals surface area contributed by atoms with Crippen LogP contribution < -0.4 is 10.6 Å². The summed E-state index contributed by atoms with van der Waals surface area (Å²) in [5.74, 6) is 0.200. The van der Waals surface area contributed by atoms with Gasteiger partial charge in [-0.05, 0) is 48.5 Å². The lowest BCUT2D eigenvalue weighted by atomic mass is 10.2. The minimum atomic E-state index is -0.455. The highest BCUT2D eigenvalue weighted by molar-refractivity contribution is 9.10. The Morgan fingerprint density at radius 1 is 1.00 bits per heavy atom. The zero-order chi connectivity index (χ0) is 18.4. The van der Waals surface area contributed by atoms with Crippen molar-refractivity contribution in [3.05, 3.63) is 88.3 Å². The first kappa shape index (κ1) is 17.8. The van der Waals surface area contributed by atoms with Gasteiger partial charge < -0.3 is 19.5 Å². The standard InChI is InChI=1S/C19H15BrN2O4/c20-14-7-5-13(6-8-14)18(23)22-17(11-15-3-1-9-25-15)19(24)21-12-16-4-2-10-26-16/h1-11H,12H2,(H,21,24)(H,22,23). The maximum Gasteiger partial charge on any atom is 0.268 e. The van der Waals surface area contributed by atoms with E-state index in [9.17, 15) is 9.59 Å². The summed E-state index contributed by atoms with van der Waals surface area (Å²) in [5, 5.41) is 5.32. The quantitative estimate of drug-likeness (QED) is 0.601. The molecule has 0 saturated carbocycles. The molecule has 26 heavy (non-hydrogen) atoms. The highest BCUT2D eigenvalue weighted by atomic mass is 79.9. The highest BCUT2D eigenvalue weighted by Gasteiger charge is 2.15. The van der Waals surface area contributed by atoms with E-state index in [0.29, 0.717) is 17.1 Å². The van der Waals surface area contributed by atoms with Crippen LogP contribution in [-0.4, -0.2) is 11.8 Å². The van der Waals surface area contributed by atoms with Crippen LogP contribution in [0, 0.1) is 0 Å². The fraction of sp³-hybridized carbons (Fsp3) is 0.0526. The van der Waals surface area contributed by atoms with Gasteiger partial charge in [0.2, 0.25) is 0 Å². The monoisotopic (exact) mass is 414 g/mol. The fourth-order valence-corrected chi connectivity index (χ4v) is 2.41. The number of hydrogen-bond donors (Lipinski definition) is 2. The van der Waals surface area contributed by atoms with Gasteiger partial charge in [0.15, 0.2) is 0 Å². The van der Waals surface area contributed by atoms with E-state index in [-0.39, 0.29) is 12.2 Å². The van der Waals surface area contributed by atoms with Crippen LogP contribution in [0.2, 0.25) is 0 Å². The van der Waals surface area contributed by atoms with Gasteiger partial charge in [-0.3, -0.25) is 9.59 Å². The normalized spacial score (nSPS) is 11.2. The molecule has 3 rings (SSSR count). The molecule has 2 heterocycles. The van der Waals surface area contributed by atoms with Gasteiger partial charge in [0.05, 0.1) is 19.1 Å². The second-order valence-corrected chi connectivity index (χ2v) is 6.21. The van der Waals surface area contributed by atoms with Crippen LogP contribution in [-0.2, 0) is 11.3 Å². The molecule has 0 aliphatic carbocycles. The molecule has 6 nitrogen and oxygen atoms in total. The Bertz CT molecular complexity index is 898. The Balaban J connectivity index is 1.75. The van der Waals surface area contributed by atoms with Crippen LogP contribution in [0.3, 0.4) is 0 Å². The number of benzene rings is 1. The summed E-state index contributed by atoms with van der Waals surface area (Å²) in [6.07, 6.45) is 4.48. The van der Waals surface area contributed by atoms with Crippen molar-refractivity contribution in [1.29, 1.82) is 0 Å². The maximum atomic E-state index is 12.5. The SMILES string of the molecule is O=C(NCc1ccco1)C(=Cc1ccco1)NC(=O)c1ccc(Br)cc1. The molecule has 0 radical (unpaired) electrons. The van der Waals surface area contributed by atoms with Crippen molar-refractivity contribution in [2.75, 3.05) is 0 Å². The van der Waals surface area contributed by atoms with Gasteiger partial charge >= 0.3 is 0 Å². The van der Waals surface area contributed by atoms with E-state index in [1.165, 1.54) is 18.6 Å². The number of carbonyl (C=O) groups excluding carboxylic acids is 2. The first-order valence-corrected chi connectivity index (χ1v) is 8.54. The summed E-state index contributed by atoms with van der Waals surface area (Å²) >= 11 is 3.32. The number of hydrogen-bond acceptors (Lipinski definition) is 4. The molecule has 2 amide bonds. The fourth-order valence-electron chi connectivity index (χ4n) is 2.15. The topological polar surface area (TPSA) is 84.5 Å². The molecular formula is C19H15BrN2O4. The minimum absolute atomic E-state index is 0.0689. The molecule has 0 aliphatic heterocycles. The molecule has 0 aliphatic rings. The second kappa shape index (κ2) is 8.35. The molecule has 2 aromatic heterocycles. The number of halogens is 1. The van der Waals surface area contributed by atoms with Crippen molar-refractivity contribution >= 4 is 33.8 Å². The number of nitrogens with one attached hydrogen (secondary N) is 2. The summed E-state index contributed by atoms with van der Waals surface area (Å²) in [5.41, 5.74) is 0.497. The molecule has 2 N–H and O–H groups in total. The van der Waals surface area contributed by atoms with Crippen molar-refractivity contribution in [2.45, 2.75) is 6.54 Å². The third-order valence-electron chi connectivity index (χ3n) is 3.43. The molecule has 1 aromatic carbocycles. The van der Waals surface area contributed by atoms with Gasteiger partial charge in [-0.15, -0.1) is 0 Å². The Kier molecular flexibility index (Phi) is 5.70. The van der Waals surface area contributed by atoms with E-state index < -0.39 is 11.8 Å². The Morgan fingerprint density at radius 3 is 2.38 bits per heavy atom. The average Bonchev–Trinajstić information content (AvgIpc) is 3.33. The van der Waals surface area contributed by atoms with Crippen LogP contribution in [0.5, 0.6) is 0 Å². The second-order valence-electron chi connectivity index (χ2n) is 5.30. The summed E-state index contributed by atoms with van der Waals surface area (Å²) in [4.78, 5) is 24.9. The molecule has 132 valence electrons. The number of amides is 2. The van der Waals surface area contributed by atoms with Gasteiger partial charge in [0, 0.05) is 16.1 Å². The van der Waals surface area contributed by atoms with Crippen molar-refractivity contribution in [3.63, 3.8) is 0 Å². The summed E-state index contributed by atoms with van der Waals surface area (Å²) < 4.78 is 11.3. The van der Waals surface area contributed by atoms with Gasteiger partial charge in [-0.2, -0.15) is 0 Å².